The lowest BCUT2D eigenvalue weighted by atomic mass is 10.2. The van der Waals surface area contributed by atoms with Crippen molar-refractivity contribution in [3.05, 3.63) is 69.8 Å². The Morgan fingerprint density at radius 3 is 2.31 bits per heavy atom. The van der Waals surface area contributed by atoms with Crippen LogP contribution >= 0.6 is 0 Å². The first-order valence-electron chi connectivity index (χ1n) is 9.64. The van der Waals surface area contributed by atoms with Gasteiger partial charge < -0.3 is 4.90 Å². The number of hydrogen-bond donors (Lipinski definition) is 2. The Hall–Kier alpha value is -3.64. The number of likely N-dealkylation sites (N-methyl/N-ethyl adjacent to an activating group) is 1. The zero-order valence-electron chi connectivity index (χ0n) is 17.5. The van der Waals surface area contributed by atoms with Crippen LogP contribution in [0, 0.1) is 10.1 Å². The maximum atomic E-state index is 12.7. The first-order chi connectivity index (χ1) is 15.2. The fraction of sp³-hybridized carbons (Fsp3) is 0.250. The van der Waals surface area contributed by atoms with Gasteiger partial charge in [0.05, 0.1) is 28.1 Å². The minimum absolute atomic E-state index is 0.0858. The lowest BCUT2D eigenvalue weighted by Crippen LogP contribution is -2.40. The molecule has 0 aliphatic carbocycles. The summed E-state index contributed by atoms with van der Waals surface area (Å²) in [5, 5.41) is 14.4. The molecule has 0 heterocycles. The predicted molar refractivity (Wildman–Crippen MR) is 118 cm³/mol. The zero-order valence-corrected chi connectivity index (χ0v) is 18.3. The largest absolute Gasteiger partial charge is 0.342 e. The van der Waals surface area contributed by atoms with Crippen molar-refractivity contribution in [3.8, 4) is 0 Å². The van der Waals surface area contributed by atoms with Gasteiger partial charge in [-0.05, 0) is 43.7 Å². The van der Waals surface area contributed by atoms with E-state index in [0.717, 1.165) is 0 Å². The van der Waals surface area contributed by atoms with E-state index in [0.29, 0.717) is 18.7 Å². The number of carbonyl (C=O) groups excluding carboxylic acids is 2. The van der Waals surface area contributed by atoms with Crippen LogP contribution in [0.3, 0.4) is 0 Å². The highest BCUT2D eigenvalue weighted by atomic mass is 32.2. The summed E-state index contributed by atoms with van der Waals surface area (Å²) in [5.74, 6) is -1.16. The van der Waals surface area contributed by atoms with Crippen LogP contribution in [0.25, 0.3) is 0 Å². The van der Waals surface area contributed by atoms with Gasteiger partial charge >= 0.3 is 0 Å². The van der Waals surface area contributed by atoms with Crippen LogP contribution in [0.4, 0.5) is 5.69 Å². The molecule has 0 saturated carbocycles. The molecule has 2 amide bonds. The molecule has 32 heavy (non-hydrogen) atoms. The van der Waals surface area contributed by atoms with Gasteiger partial charge in [-0.1, -0.05) is 12.1 Å². The van der Waals surface area contributed by atoms with Gasteiger partial charge in [0.1, 0.15) is 0 Å². The predicted octanol–water partition coefficient (Wildman–Crippen LogP) is 1.51. The monoisotopic (exact) mass is 461 g/mol. The van der Waals surface area contributed by atoms with Crippen molar-refractivity contribution in [2.24, 2.45) is 5.10 Å². The Labute approximate surface area is 185 Å². The van der Waals surface area contributed by atoms with E-state index in [2.05, 4.69) is 15.2 Å². The van der Waals surface area contributed by atoms with Crippen molar-refractivity contribution >= 4 is 33.7 Å². The number of carbonyl (C=O) groups is 2. The molecule has 2 aromatic carbocycles. The van der Waals surface area contributed by atoms with Gasteiger partial charge in [-0.3, -0.25) is 19.7 Å². The number of nitrogens with zero attached hydrogens (tertiary/aromatic N) is 3. The summed E-state index contributed by atoms with van der Waals surface area (Å²) in [6.45, 7) is 4.03. The van der Waals surface area contributed by atoms with Gasteiger partial charge in [0.25, 0.3) is 11.6 Å². The lowest BCUT2D eigenvalue weighted by Gasteiger charge is -2.19. The standard InChI is InChI=1S/C20H23N5O6S/c1-3-24(4-2)19(26)14-22-32(30,31)18-8-6-5-7-17(18)20(27)23-21-13-15-9-11-16(12-10-15)25(28)29/h5-13,22H,3-4,14H2,1-2H3,(H,23,27)/b21-13+. The summed E-state index contributed by atoms with van der Waals surface area (Å²) in [6.07, 6.45) is 1.26. The van der Waals surface area contributed by atoms with Crippen LogP contribution in [0.1, 0.15) is 29.8 Å². The minimum Gasteiger partial charge on any atom is -0.342 e. The molecule has 2 rings (SSSR count). The lowest BCUT2D eigenvalue weighted by molar-refractivity contribution is -0.384. The van der Waals surface area contributed by atoms with Crippen LogP contribution < -0.4 is 10.1 Å². The fourth-order valence-electron chi connectivity index (χ4n) is 2.72. The second-order valence-corrected chi connectivity index (χ2v) is 8.17. The molecular formula is C20H23N5O6S. The minimum atomic E-state index is -4.15. The molecule has 0 spiro atoms. The summed E-state index contributed by atoms with van der Waals surface area (Å²) >= 11 is 0. The van der Waals surface area contributed by atoms with E-state index in [1.165, 1.54) is 59.6 Å². The van der Waals surface area contributed by atoms with E-state index in [-0.39, 0.29) is 22.1 Å². The third-order valence-electron chi connectivity index (χ3n) is 4.43. The van der Waals surface area contributed by atoms with Crippen LogP contribution in [0.15, 0.2) is 58.5 Å². The molecule has 0 radical (unpaired) electrons. The third-order valence-corrected chi connectivity index (χ3v) is 5.89. The fourth-order valence-corrected chi connectivity index (χ4v) is 3.90. The quantitative estimate of drug-likeness (QED) is 0.311. The number of amides is 2. The smallest absolute Gasteiger partial charge is 0.272 e. The molecule has 12 heteroatoms. The van der Waals surface area contributed by atoms with Gasteiger partial charge in [-0.15, -0.1) is 0 Å². The van der Waals surface area contributed by atoms with Gasteiger partial charge in [0.15, 0.2) is 0 Å². The number of nitro groups is 1. The van der Waals surface area contributed by atoms with Gasteiger partial charge in [-0.2, -0.15) is 5.10 Å². The number of sulfonamides is 1. The molecule has 0 fully saturated rings. The van der Waals surface area contributed by atoms with Crippen molar-refractivity contribution in [2.45, 2.75) is 18.7 Å². The summed E-state index contributed by atoms with van der Waals surface area (Å²) in [5.41, 5.74) is 2.48. The number of rotatable bonds is 10. The first-order valence-corrected chi connectivity index (χ1v) is 11.1. The molecule has 11 nitrogen and oxygen atoms in total. The Morgan fingerprint density at radius 1 is 1.09 bits per heavy atom. The van der Waals surface area contributed by atoms with Crippen molar-refractivity contribution in [1.82, 2.24) is 15.0 Å². The number of non-ortho nitro benzene ring substituents is 1. The van der Waals surface area contributed by atoms with Gasteiger partial charge in [-0.25, -0.2) is 18.6 Å². The second-order valence-electron chi connectivity index (χ2n) is 6.43. The Bertz CT molecular complexity index is 1110. The number of hydrazone groups is 1. The molecule has 0 atom stereocenters. The second kappa shape index (κ2) is 11.1. The number of nitro benzene ring substituents is 1. The normalized spacial score (nSPS) is 11.3. The topological polar surface area (TPSA) is 151 Å². The first kappa shape index (κ1) is 24.6. The van der Waals surface area contributed by atoms with E-state index >= 15 is 0 Å². The van der Waals surface area contributed by atoms with Crippen molar-refractivity contribution in [2.75, 3.05) is 19.6 Å². The van der Waals surface area contributed by atoms with E-state index < -0.39 is 27.4 Å². The summed E-state index contributed by atoms with van der Waals surface area (Å²) in [4.78, 5) is 35.9. The maximum Gasteiger partial charge on any atom is 0.272 e. The van der Waals surface area contributed by atoms with Crippen molar-refractivity contribution in [3.63, 3.8) is 0 Å². The molecule has 0 aromatic heterocycles. The summed E-state index contributed by atoms with van der Waals surface area (Å²) in [6, 6.07) is 11.0. The average Bonchev–Trinajstić information content (AvgIpc) is 2.79. The molecule has 0 aliphatic rings. The van der Waals surface area contributed by atoms with E-state index in [9.17, 15) is 28.1 Å². The Kier molecular flexibility index (Phi) is 8.55. The SMILES string of the molecule is CCN(CC)C(=O)CNS(=O)(=O)c1ccccc1C(=O)N/N=C/c1ccc([N+](=O)[O-])cc1. The highest BCUT2D eigenvalue weighted by Crippen LogP contribution is 2.15. The van der Waals surface area contributed by atoms with E-state index in [1.807, 2.05) is 0 Å². The molecule has 0 bridgehead atoms. The molecule has 2 N–H and O–H groups in total. The maximum absolute atomic E-state index is 12.7. The Balaban J connectivity index is 2.11. The Morgan fingerprint density at radius 2 is 1.72 bits per heavy atom. The van der Waals surface area contributed by atoms with Crippen molar-refractivity contribution in [1.29, 1.82) is 0 Å². The van der Waals surface area contributed by atoms with E-state index in [1.54, 1.807) is 13.8 Å². The molecule has 0 aliphatic heterocycles. The molecule has 0 saturated heterocycles. The van der Waals surface area contributed by atoms with Gasteiger partial charge in [0, 0.05) is 25.2 Å². The molecule has 170 valence electrons. The van der Waals surface area contributed by atoms with Crippen LogP contribution in [0.5, 0.6) is 0 Å². The number of nitrogens with one attached hydrogen (secondary N) is 2. The van der Waals surface area contributed by atoms with Crippen LogP contribution in [-0.2, 0) is 14.8 Å². The third kappa shape index (κ3) is 6.43. The van der Waals surface area contributed by atoms with Crippen LogP contribution in [-0.4, -0.2) is 55.9 Å². The highest BCUT2D eigenvalue weighted by Gasteiger charge is 2.23. The molecular weight excluding hydrogens is 438 g/mol. The van der Waals surface area contributed by atoms with Crippen LogP contribution in [0.2, 0.25) is 0 Å². The van der Waals surface area contributed by atoms with E-state index in [4.69, 9.17) is 0 Å². The highest BCUT2D eigenvalue weighted by molar-refractivity contribution is 7.89. The summed E-state index contributed by atoms with van der Waals surface area (Å²) < 4.78 is 27.6. The molecule has 2 aromatic rings. The zero-order chi connectivity index (χ0) is 23.7. The average molecular weight is 462 g/mol. The molecule has 0 unspecified atom stereocenters. The number of benzene rings is 2. The van der Waals surface area contributed by atoms with Gasteiger partial charge in [0.2, 0.25) is 15.9 Å². The van der Waals surface area contributed by atoms with Crippen molar-refractivity contribution < 1.29 is 22.9 Å². The number of hydrogen-bond acceptors (Lipinski definition) is 7. The summed E-state index contributed by atoms with van der Waals surface area (Å²) in [7, 11) is -4.15.